The first kappa shape index (κ1) is 16.4. The molecule has 1 unspecified atom stereocenters. The molecular formula is C18H18N2O3S2. The molecule has 1 aliphatic rings. The number of hydrogen-bond acceptors (Lipinski definition) is 4. The van der Waals surface area contributed by atoms with Crippen LogP contribution in [-0.2, 0) is 23.0 Å². The molecule has 0 amide bonds. The van der Waals surface area contributed by atoms with E-state index in [0.29, 0.717) is 17.7 Å². The Labute approximate surface area is 150 Å². The Balaban J connectivity index is 1.86. The molecule has 0 spiro atoms. The van der Waals surface area contributed by atoms with Crippen molar-refractivity contribution in [2.24, 2.45) is 0 Å². The first-order chi connectivity index (χ1) is 11.9. The number of rotatable bonds is 3. The lowest BCUT2D eigenvalue weighted by molar-refractivity contribution is 0.584. The first-order valence-electron chi connectivity index (χ1n) is 8.19. The molecule has 1 aliphatic heterocycles. The lowest BCUT2D eigenvalue weighted by atomic mass is 10.1. The molecule has 0 aliphatic carbocycles. The molecule has 130 valence electrons. The fourth-order valence-electron chi connectivity index (χ4n) is 3.52. The van der Waals surface area contributed by atoms with Gasteiger partial charge in [-0.1, -0.05) is 29.5 Å². The summed E-state index contributed by atoms with van der Waals surface area (Å²) in [4.78, 5) is 12.2. The Morgan fingerprint density at radius 2 is 1.96 bits per heavy atom. The van der Waals surface area contributed by atoms with E-state index in [-0.39, 0.29) is 15.8 Å². The van der Waals surface area contributed by atoms with Gasteiger partial charge in [-0.2, -0.15) is 0 Å². The first-order valence-corrected chi connectivity index (χ1v) is 10.4. The normalized spacial score (nSPS) is 17.2. The highest BCUT2D eigenvalue weighted by molar-refractivity contribution is 7.93. The van der Waals surface area contributed by atoms with Crippen LogP contribution >= 0.6 is 11.3 Å². The number of hydrogen-bond donors (Lipinski definition) is 0. The summed E-state index contributed by atoms with van der Waals surface area (Å²) in [6, 6.07) is 12.4. The van der Waals surface area contributed by atoms with E-state index >= 15 is 0 Å². The number of para-hydroxylation sites is 1. The SMILES string of the molecule is CCn1c(=O)sc2cc(S(=O)(=O)N3c4ccccc4CC3C)ccc21. The number of nitrogens with zero attached hydrogens (tertiary/aromatic N) is 2. The van der Waals surface area contributed by atoms with Crippen molar-refractivity contribution in [3.05, 3.63) is 57.7 Å². The Bertz CT molecular complexity index is 1130. The van der Waals surface area contributed by atoms with Crippen molar-refractivity contribution >= 4 is 37.3 Å². The molecule has 1 atom stereocenters. The van der Waals surface area contributed by atoms with Crippen molar-refractivity contribution in [2.45, 2.75) is 37.8 Å². The van der Waals surface area contributed by atoms with Gasteiger partial charge in [0, 0.05) is 12.6 Å². The molecule has 4 rings (SSSR count). The molecule has 0 radical (unpaired) electrons. The fourth-order valence-corrected chi connectivity index (χ4v) is 6.31. The highest BCUT2D eigenvalue weighted by atomic mass is 32.2. The zero-order chi connectivity index (χ0) is 17.8. The van der Waals surface area contributed by atoms with Crippen LogP contribution in [-0.4, -0.2) is 19.0 Å². The maximum absolute atomic E-state index is 13.3. The molecule has 2 heterocycles. The van der Waals surface area contributed by atoms with Gasteiger partial charge in [0.1, 0.15) is 0 Å². The smallest absolute Gasteiger partial charge is 0.299 e. The molecular weight excluding hydrogens is 356 g/mol. The topological polar surface area (TPSA) is 59.4 Å². The maximum Gasteiger partial charge on any atom is 0.308 e. The van der Waals surface area contributed by atoms with E-state index in [1.165, 1.54) is 4.31 Å². The quantitative estimate of drug-likeness (QED) is 0.707. The zero-order valence-electron chi connectivity index (χ0n) is 14.0. The summed E-state index contributed by atoms with van der Waals surface area (Å²) in [5.74, 6) is 0. The van der Waals surface area contributed by atoms with Crippen LogP contribution in [0.4, 0.5) is 5.69 Å². The molecule has 0 saturated carbocycles. The van der Waals surface area contributed by atoms with Crippen LogP contribution in [0.2, 0.25) is 0 Å². The van der Waals surface area contributed by atoms with Crippen molar-refractivity contribution in [1.29, 1.82) is 0 Å². The molecule has 0 bridgehead atoms. The predicted octanol–water partition coefficient (Wildman–Crippen LogP) is 3.22. The summed E-state index contributed by atoms with van der Waals surface area (Å²) in [6.07, 6.45) is 0.706. The Morgan fingerprint density at radius 1 is 1.20 bits per heavy atom. The molecule has 5 nitrogen and oxygen atoms in total. The third kappa shape index (κ3) is 2.41. The maximum atomic E-state index is 13.3. The van der Waals surface area contributed by atoms with Gasteiger partial charge in [-0.15, -0.1) is 0 Å². The second-order valence-corrected chi connectivity index (χ2v) is 9.03. The lowest BCUT2D eigenvalue weighted by Gasteiger charge is -2.24. The number of benzene rings is 2. The van der Waals surface area contributed by atoms with Crippen LogP contribution in [0.1, 0.15) is 19.4 Å². The number of thiazole rings is 1. The van der Waals surface area contributed by atoms with Crippen molar-refractivity contribution < 1.29 is 8.42 Å². The van der Waals surface area contributed by atoms with Gasteiger partial charge < -0.3 is 0 Å². The van der Waals surface area contributed by atoms with Gasteiger partial charge in [0.25, 0.3) is 10.0 Å². The molecule has 0 saturated heterocycles. The van der Waals surface area contributed by atoms with Crippen LogP contribution < -0.4 is 9.18 Å². The number of sulfonamides is 1. The molecule has 1 aromatic heterocycles. The van der Waals surface area contributed by atoms with Gasteiger partial charge in [-0.25, -0.2) is 8.42 Å². The molecule has 0 N–H and O–H groups in total. The summed E-state index contributed by atoms with van der Waals surface area (Å²) in [6.45, 7) is 4.39. The summed E-state index contributed by atoms with van der Waals surface area (Å²) in [7, 11) is -3.67. The monoisotopic (exact) mass is 374 g/mol. The summed E-state index contributed by atoms with van der Waals surface area (Å²) < 4.78 is 30.4. The molecule has 3 aromatic rings. The average Bonchev–Trinajstić information content (AvgIpc) is 3.08. The van der Waals surface area contributed by atoms with Gasteiger partial charge in [0.05, 0.1) is 20.8 Å². The van der Waals surface area contributed by atoms with E-state index in [1.807, 2.05) is 38.1 Å². The Kier molecular flexibility index (Phi) is 3.73. The minimum Gasteiger partial charge on any atom is -0.299 e. The molecule has 0 fully saturated rings. The third-order valence-electron chi connectivity index (χ3n) is 4.66. The molecule has 7 heteroatoms. The number of aryl methyl sites for hydroxylation is 1. The van der Waals surface area contributed by atoms with Crippen LogP contribution in [0.15, 0.2) is 52.2 Å². The zero-order valence-corrected chi connectivity index (χ0v) is 15.6. The molecule has 25 heavy (non-hydrogen) atoms. The molecule has 2 aromatic carbocycles. The highest BCUT2D eigenvalue weighted by Crippen LogP contribution is 2.37. The number of anilines is 1. The Hall–Kier alpha value is -2.12. The minimum absolute atomic E-state index is 0.0630. The fraction of sp³-hybridized carbons (Fsp3) is 0.278. The summed E-state index contributed by atoms with van der Waals surface area (Å²) in [5, 5.41) is 0. The van der Waals surface area contributed by atoms with Crippen molar-refractivity contribution in [2.75, 3.05) is 4.31 Å². The Morgan fingerprint density at radius 3 is 2.72 bits per heavy atom. The van der Waals surface area contributed by atoms with E-state index in [0.717, 1.165) is 28.1 Å². The van der Waals surface area contributed by atoms with Crippen LogP contribution in [0.5, 0.6) is 0 Å². The largest absolute Gasteiger partial charge is 0.308 e. The van der Waals surface area contributed by atoms with Gasteiger partial charge in [-0.05, 0) is 50.1 Å². The van der Waals surface area contributed by atoms with Crippen molar-refractivity contribution in [3.8, 4) is 0 Å². The average molecular weight is 374 g/mol. The second kappa shape index (κ2) is 5.71. The predicted molar refractivity (Wildman–Crippen MR) is 101 cm³/mol. The van der Waals surface area contributed by atoms with Crippen LogP contribution in [0.3, 0.4) is 0 Å². The van der Waals surface area contributed by atoms with Gasteiger partial charge in [-0.3, -0.25) is 13.7 Å². The van der Waals surface area contributed by atoms with E-state index < -0.39 is 10.0 Å². The van der Waals surface area contributed by atoms with Gasteiger partial charge in [0.2, 0.25) is 0 Å². The number of aromatic nitrogens is 1. The third-order valence-corrected chi connectivity index (χ3v) is 7.52. The van der Waals surface area contributed by atoms with Gasteiger partial charge in [0.15, 0.2) is 0 Å². The van der Waals surface area contributed by atoms with Crippen LogP contribution in [0.25, 0.3) is 10.2 Å². The number of fused-ring (bicyclic) bond motifs is 2. The second-order valence-electron chi connectivity index (χ2n) is 6.22. The van der Waals surface area contributed by atoms with Crippen molar-refractivity contribution in [1.82, 2.24) is 4.57 Å². The van der Waals surface area contributed by atoms with E-state index in [2.05, 4.69) is 0 Å². The summed E-state index contributed by atoms with van der Waals surface area (Å²) in [5.41, 5.74) is 2.57. The van der Waals surface area contributed by atoms with Crippen molar-refractivity contribution in [3.63, 3.8) is 0 Å². The highest BCUT2D eigenvalue weighted by Gasteiger charge is 2.36. The lowest BCUT2D eigenvalue weighted by Crippen LogP contribution is -2.35. The van der Waals surface area contributed by atoms with Gasteiger partial charge >= 0.3 is 4.87 Å². The van der Waals surface area contributed by atoms with E-state index in [9.17, 15) is 13.2 Å². The summed E-state index contributed by atoms with van der Waals surface area (Å²) >= 11 is 1.09. The van der Waals surface area contributed by atoms with Crippen LogP contribution in [0, 0.1) is 0 Å². The standard InChI is InChI=1S/C18H18N2O3S2/c1-3-19-16-9-8-14(11-17(16)24-18(19)21)25(22,23)20-12(2)10-13-6-4-5-7-15(13)20/h4-9,11-12H,3,10H2,1-2H3. The van der Waals surface area contributed by atoms with E-state index in [4.69, 9.17) is 0 Å². The van der Waals surface area contributed by atoms with E-state index in [1.54, 1.807) is 22.8 Å². The minimum atomic E-state index is -3.67.